The summed E-state index contributed by atoms with van der Waals surface area (Å²) >= 11 is 6.03. The van der Waals surface area contributed by atoms with Gasteiger partial charge in [-0.25, -0.2) is 5.43 Å². The number of nitrogens with one attached hydrogen (secondary N) is 1. The van der Waals surface area contributed by atoms with Crippen LogP contribution in [0.3, 0.4) is 0 Å². The van der Waals surface area contributed by atoms with Crippen LogP contribution in [0.1, 0.15) is 17.2 Å². The molecule has 0 fully saturated rings. The van der Waals surface area contributed by atoms with E-state index < -0.39 is 0 Å². The third-order valence-corrected chi connectivity index (χ3v) is 3.67. The normalized spacial score (nSPS) is 18.7. The molecule has 0 radical (unpaired) electrons. The second-order valence-corrected chi connectivity index (χ2v) is 5.10. The van der Waals surface area contributed by atoms with Crippen LogP contribution in [-0.2, 0) is 6.42 Å². The minimum Gasteiger partial charge on any atom is -0.488 e. The molecule has 0 saturated heterocycles. The summed E-state index contributed by atoms with van der Waals surface area (Å²) in [5, 5.41) is 0.702. The monoisotopic (exact) mass is 274 g/mol. The largest absolute Gasteiger partial charge is 0.488 e. The number of rotatable bonds is 3. The highest BCUT2D eigenvalue weighted by molar-refractivity contribution is 6.30. The molecule has 2 aromatic rings. The van der Waals surface area contributed by atoms with Crippen molar-refractivity contribution in [2.75, 3.05) is 0 Å². The average Bonchev–Trinajstić information content (AvgIpc) is 2.83. The van der Waals surface area contributed by atoms with E-state index in [1.54, 1.807) is 0 Å². The maximum absolute atomic E-state index is 6.03. The van der Waals surface area contributed by atoms with Crippen LogP contribution in [0.5, 0.6) is 5.75 Å². The van der Waals surface area contributed by atoms with E-state index in [0.29, 0.717) is 5.02 Å². The molecule has 1 aliphatic rings. The van der Waals surface area contributed by atoms with Gasteiger partial charge in [-0.05, 0) is 29.3 Å². The van der Waals surface area contributed by atoms with Gasteiger partial charge in [0.2, 0.25) is 0 Å². The molecule has 0 aromatic heterocycles. The minimum atomic E-state index is -0.0777. The fraction of sp³-hybridized carbons (Fsp3) is 0.200. The van der Waals surface area contributed by atoms with Crippen LogP contribution in [0.2, 0.25) is 5.02 Å². The molecule has 4 heteroatoms. The molecule has 1 aliphatic heterocycles. The fourth-order valence-electron chi connectivity index (χ4n) is 2.51. The summed E-state index contributed by atoms with van der Waals surface area (Å²) in [6, 6.07) is 15.7. The first kappa shape index (κ1) is 12.5. The van der Waals surface area contributed by atoms with E-state index in [2.05, 4.69) is 11.5 Å². The van der Waals surface area contributed by atoms with Crippen LogP contribution in [0.15, 0.2) is 48.5 Å². The van der Waals surface area contributed by atoms with Gasteiger partial charge < -0.3 is 4.74 Å². The molecule has 3 N–H and O–H groups in total. The van der Waals surface area contributed by atoms with Crippen LogP contribution >= 0.6 is 11.6 Å². The van der Waals surface area contributed by atoms with Crippen molar-refractivity contribution in [3.63, 3.8) is 0 Å². The fourth-order valence-corrected chi connectivity index (χ4v) is 2.71. The second-order valence-electron chi connectivity index (χ2n) is 4.67. The lowest BCUT2D eigenvalue weighted by Gasteiger charge is -2.23. The third-order valence-electron chi connectivity index (χ3n) is 3.43. The van der Waals surface area contributed by atoms with Gasteiger partial charge in [0, 0.05) is 11.4 Å². The van der Waals surface area contributed by atoms with E-state index in [1.807, 2.05) is 42.5 Å². The van der Waals surface area contributed by atoms with Crippen molar-refractivity contribution in [3.8, 4) is 5.75 Å². The smallest absolute Gasteiger partial charge is 0.124 e. The highest BCUT2D eigenvalue weighted by Crippen LogP contribution is 2.34. The Balaban J connectivity index is 1.86. The molecule has 2 atom stereocenters. The number of hydrazine groups is 1. The summed E-state index contributed by atoms with van der Waals surface area (Å²) in [6.07, 6.45) is 0.832. The predicted molar refractivity (Wildman–Crippen MR) is 76.1 cm³/mol. The molecule has 0 spiro atoms. The molecular weight excluding hydrogens is 260 g/mol. The van der Waals surface area contributed by atoms with Crippen LogP contribution < -0.4 is 16.0 Å². The lowest BCUT2D eigenvalue weighted by molar-refractivity contribution is 0.179. The second kappa shape index (κ2) is 5.21. The molecule has 98 valence electrons. The predicted octanol–water partition coefficient (Wildman–Crippen LogP) is 2.85. The Morgan fingerprint density at radius 3 is 2.79 bits per heavy atom. The zero-order valence-corrected chi connectivity index (χ0v) is 11.1. The summed E-state index contributed by atoms with van der Waals surface area (Å²) in [7, 11) is 0. The molecule has 3 rings (SSSR count). The molecule has 1 heterocycles. The van der Waals surface area contributed by atoms with Crippen molar-refractivity contribution >= 4 is 11.6 Å². The molecule has 0 saturated carbocycles. The Morgan fingerprint density at radius 2 is 2.05 bits per heavy atom. The topological polar surface area (TPSA) is 47.3 Å². The minimum absolute atomic E-state index is 0.0131. The number of fused-ring (bicyclic) bond motifs is 1. The van der Waals surface area contributed by atoms with Gasteiger partial charge >= 0.3 is 0 Å². The lowest BCUT2D eigenvalue weighted by Crippen LogP contribution is -2.38. The van der Waals surface area contributed by atoms with Crippen molar-refractivity contribution in [2.45, 2.75) is 18.6 Å². The Bertz CT molecular complexity index is 563. The molecule has 0 amide bonds. The van der Waals surface area contributed by atoms with E-state index in [1.165, 1.54) is 5.56 Å². The highest BCUT2D eigenvalue weighted by atomic mass is 35.5. The van der Waals surface area contributed by atoms with Crippen LogP contribution in [-0.4, -0.2) is 6.10 Å². The van der Waals surface area contributed by atoms with Gasteiger partial charge in [-0.3, -0.25) is 5.84 Å². The van der Waals surface area contributed by atoms with Gasteiger partial charge in [-0.15, -0.1) is 0 Å². The third kappa shape index (κ3) is 2.45. The van der Waals surface area contributed by atoms with Crippen molar-refractivity contribution in [1.82, 2.24) is 5.43 Å². The van der Waals surface area contributed by atoms with Gasteiger partial charge in [0.15, 0.2) is 0 Å². The van der Waals surface area contributed by atoms with Gasteiger partial charge in [-0.1, -0.05) is 41.9 Å². The van der Waals surface area contributed by atoms with Gasteiger partial charge in [-0.2, -0.15) is 0 Å². The van der Waals surface area contributed by atoms with E-state index in [9.17, 15) is 0 Å². The van der Waals surface area contributed by atoms with Gasteiger partial charge in [0.05, 0.1) is 6.04 Å². The standard InChI is InChI=1S/C15H15ClN2O/c16-12-6-3-5-11(8-12)15(18-17)14-9-10-4-1-2-7-13(10)19-14/h1-8,14-15,18H,9,17H2. The number of benzene rings is 2. The Labute approximate surface area is 117 Å². The first-order chi connectivity index (χ1) is 9.28. The molecule has 2 aromatic carbocycles. The SMILES string of the molecule is NNC(c1cccc(Cl)c1)C1Cc2ccccc2O1. The number of hydrogen-bond donors (Lipinski definition) is 2. The zero-order valence-electron chi connectivity index (χ0n) is 10.3. The maximum Gasteiger partial charge on any atom is 0.124 e. The van der Waals surface area contributed by atoms with E-state index in [4.69, 9.17) is 22.2 Å². The Hall–Kier alpha value is -1.55. The average molecular weight is 275 g/mol. The molecule has 3 nitrogen and oxygen atoms in total. The summed E-state index contributed by atoms with van der Waals surface area (Å²) < 4.78 is 5.97. The molecule has 0 bridgehead atoms. The number of nitrogens with two attached hydrogens (primary N) is 1. The maximum atomic E-state index is 6.03. The highest BCUT2D eigenvalue weighted by Gasteiger charge is 2.30. The molecule has 19 heavy (non-hydrogen) atoms. The summed E-state index contributed by atoms with van der Waals surface area (Å²) in [5.74, 6) is 6.64. The summed E-state index contributed by atoms with van der Waals surface area (Å²) in [4.78, 5) is 0. The number of halogens is 1. The van der Waals surface area contributed by atoms with Crippen molar-refractivity contribution < 1.29 is 4.74 Å². The Morgan fingerprint density at radius 1 is 1.21 bits per heavy atom. The summed E-state index contributed by atoms with van der Waals surface area (Å²) in [6.45, 7) is 0. The number of para-hydroxylation sites is 1. The molecule has 2 unspecified atom stereocenters. The Kier molecular flexibility index (Phi) is 3.42. The number of ether oxygens (including phenoxy) is 1. The quantitative estimate of drug-likeness (QED) is 0.668. The van der Waals surface area contributed by atoms with Crippen molar-refractivity contribution in [2.24, 2.45) is 5.84 Å². The van der Waals surface area contributed by atoms with Crippen LogP contribution in [0, 0.1) is 0 Å². The van der Waals surface area contributed by atoms with Crippen LogP contribution in [0.4, 0.5) is 0 Å². The van der Waals surface area contributed by atoms with Crippen molar-refractivity contribution in [1.29, 1.82) is 0 Å². The summed E-state index contributed by atoms with van der Waals surface area (Å²) in [5.41, 5.74) is 5.09. The molecular formula is C15H15ClN2O. The zero-order chi connectivity index (χ0) is 13.2. The molecule has 0 aliphatic carbocycles. The van der Waals surface area contributed by atoms with Gasteiger partial charge in [0.1, 0.15) is 11.9 Å². The van der Waals surface area contributed by atoms with E-state index >= 15 is 0 Å². The lowest BCUT2D eigenvalue weighted by atomic mass is 9.98. The van der Waals surface area contributed by atoms with Crippen LogP contribution in [0.25, 0.3) is 0 Å². The van der Waals surface area contributed by atoms with E-state index in [-0.39, 0.29) is 12.1 Å². The first-order valence-electron chi connectivity index (χ1n) is 6.24. The van der Waals surface area contributed by atoms with Gasteiger partial charge in [0.25, 0.3) is 0 Å². The first-order valence-corrected chi connectivity index (χ1v) is 6.62. The van der Waals surface area contributed by atoms with Crippen molar-refractivity contribution in [3.05, 3.63) is 64.7 Å². The number of hydrogen-bond acceptors (Lipinski definition) is 3. The van der Waals surface area contributed by atoms with E-state index in [0.717, 1.165) is 17.7 Å².